The number of carbonyl (C=O) groups is 1. The lowest BCUT2D eigenvalue weighted by atomic mass is 9.47. The molecule has 0 aromatic rings. The SMILES string of the molecule is C[C@@]1(CO)CCC[C@@]2(C)C3=CC(=O)CC[C@@H]3CC[C@H]12. The van der Waals surface area contributed by atoms with Crippen LogP contribution in [0.15, 0.2) is 11.6 Å². The first-order valence-corrected chi connectivity index (χ1v) is 7.85. The van der Waals surface area contributed by atoms with Crippen LogP contribution >= 0.6 is 0 Å². The van der Waals surface area contributed by atoms with E-state index < -0.39 is 0 Å². The minimum Gasteiger partial charge on any atom is -0.396 e. The van der Waals surface area contributed by atoms with Gasteiger partial charge in [0.1, 0.15) is 0 Å². The fourth-order valence-corrected chi connectivity index (χ4v) is 5.31. The van der Waals surface area contributed by atoms with Gasteiger partial charge in [-0.05, 0) is 60.8 Å². The summed E-state index contributed by atoms with van der Waals surface area (Å²) in [6, 6.07) is 0. The second-order valence-corrected chi connectivity index (χ2v) is 7.51. The van der Waals surface area contributed by atoms with Crippen LogP contribution in [0.2, 0.25) is 0 Å². The first-order chi connectivity index (χ1) is 8.99. The van der Waals surface area contributed by atoms with Gasteiger partial charge in [-0.1, -0.05) is 25.8 Å². The fraction of sp³-hybridized carbons (Fsp3) is 0.824. The highest BCUT2D eigenvalue weighted by Crippen LogP contribution is 2.62. The van der Waals surface area contributed by atoms with Crippen molar-refractivity contribution in [1.29, 1.82) is 0 Å². The summed E-state index contributed by atoms with van der Waals surface area (Å²) in [5.41, 5.74) is 1.65. The molecule has 0 amide bonds. The van der Waals surface area contributed by atoms with Gasteiger partial charge in [-0.15, -0.1) is 0 Å². The van der Waals surface area contributed by atoms with E-state index in [1.165, 1.54) is 31.3 Å². The Morgan fingerprint density at radius 1 is 1.26 bits per heavy atom. The first kappa shape index (κ1) is 13.4. The minimum atomic E-state index is 0.0549. The zero-order valence-corrected chi connectivity index (χ0v) is 12.2. The summed E-state index contributed by atoms with van der Waals surface area (Å²) in [5, 5.41) is 9.87. The van der Waals surface area contributed by atoms with Crippen LogP contribution < -0.4 is 0 Å². The summed E-state index contributed by atoms with van der Waals surface area (Å²) in [4.78, 5) is 11.8. The number of ketones is 1. The molecule has 3 rings (SSSR count). The van der Waals surface area contributed by atoms with Crippen LogP contribution in [-0.4, -0.2) is 17.5 Å². The van der Waals surface area contributed by atoms with E-state index in [1.807, 2.05) is 6.08 Å². The highest BCUT2D eigenvalue weighted by molar-refractivity contribution is 5.91. The van der Waals surface area contributed by atoms with Gasteiger partial charge in [-0.2, -0.15) is 0 Å². The van der Waals surface area contributed by atoms with Gasteiger partial charge >= 0.3 is 0 Å². The van der Waals surface area contributed by atoms with E-state index in [-0.39, 0.29) is 10.8 Å². The molecule has 0 aliphatic heterocycles. The largest absolute Gasteiger partial charge is 0.396 e. The number of carbonyl (C=O) groups excluding carboxylic acids is 1. The van der Waals surface area contributed by atoms with Gasteiger partial charge in [-0.3, -0.25) is 4.79 Å². The van der Waals surface area contributed by atoms with Crippen molar-refractivity contribution in [3.63, 3.8) is 0 Å². The predicted molar refractivity (Wildman–Crippen MR) is 75.7 cm³/mol. The Morgan fingerprint density at radius 2 is 2.05 bits per heavy atom. The monoisotopic (exact) mass is 262 g/mol. The quantitative estimate of drug-likeness (QED) is 0.785. The number of aliphatic hydroxyl groups excluding tert-OH is 1. The van der Waals surface area contributed by atoms with Gasteiger partial charge in [0.05, 0.1) is 0 Å². The van der Waals surface area contributed by atoms with E-state index in [0.717, 1.165) is 19.3 Å². The van der Waals surface area contributed by atoms with Crippen molar-refractivity contribution in [2.45, 2.75) is 58.8 Å². The molecule has 106 valence electrons. The van der Waals surface area contributed by atoms with Crippen molar-refractivity contribution in [3.05, 3.63) is 11.6 Å². The van der Waals surface area contributed by atoms with E-state index in [2.05, 4.69) is 13.8 Å². The van der Waals surface area contributed by atoms with Crippen molar-refractivity contribution in [2.24, 2.45) is 22.7 Å². The van der Waals surface area contributed by atoms with Crippen LogP contribution in [0, 0.1) is 22.7 Å². The molecule has 2 fully saturated rings. The number of aliphatic hydroxyl groups is 1. The zero-order chi connectivity index (χ0) is 13.7. The summed E-state index contributed by atoms with van der Waals surface area (Å²) in [6.07, 6.45) is 9.73. The van der Waals surface area contributed by atoms with Gasteiger partial charge < -0.3 is 5.11 Å². The topological polar surface area (TPSA) is 37.3 Å². The minimum absolute atomic E-state index is 0.0549. The number of hydrogen-bond donors (Lipinski definition) is 1. The highest BCUT2D eigenvalue weighted by Gasteiger charge is 2.53. The number of fused-ring (bicyclic) bond motifs is 3. The first-order valence-electron chi connectivity index (χ1n) is 7.85. The van der Waals surface area contributed by atoms with E-state index in [4.69, 9.17) is 0 Å². The molecule has 3 aliphatic rings. The standard InChI is InChI=1S/C17H26O2/c1-16(11-18)8-3-9-17(2)14-10-13(19)6-4-12(14)5-7-15(16)17/h10,12,15,18H,3-9,11H2,1-2H3/t12-,15-,16+,17+/m1/s1. The molecule has 19 heavy (non-hydrogen) atoms. The lowest BCUT2D eigenvalue weighted by molar-refractivity contribution is -0.116. The van der Waals surface area contributed by atoms with E-state index in [1.54, 1.807) is 0 Å². The maximum absolute atomic E-state index is 11.8. The Morgan fingerprint density at radius 3 is 2.79 bits per heavy atom. The molecule has 1 N–H and O–H groups in total. The molecule has 4 atom stereocenters. The van der Waals surface area contributed by atoms with Crippen LogP contribution in [0.25, 0.3) is 0 Å². The Bertz CT molecular complexity index is 425. The predicted octanol–water partition coefficient (Wildman–Crippen LogP) is 3.49. The molecule has 2 nitrogen and oxygen atoms in total. The molecule has 0 unspecified atom stereocenters. The maximum Gasteiger partial charge on any atom is 0.155 e. The van der Waals surface area contributed by atoms with Crippen LogP contribution in [0.4, 0.5) is 0 Å². The third-order valence-electron chi connectivity index (χ3n) is 6.37. The van der Waals surface area contributed by atoms with Crippen molar-refractivity contribution in [3.8, 4) is 0 Å². The Hall–Kier alpha value is -0.630. The van der Waals surface area contributed by atoms with Crippen molar-refractivity contribution in [1.82, 2.24) is 0 Å². The molecular weight excluding hydrogens is 236 g/mol. The third-order valence-corrected chi connectivity index (χ3v) is 6.37. The maximum atomic E-state index is 11.8. The molecule has 0 bridgehead atoms. The van der Waals surface area contributed by atoms with Crippen LogP contribution in [-0.2, 0) is 4.79 Å². The molecule has 0 heterocycles. The molecule has 0 spiro atoms. The molecule has 0 saturated heterocycles. The van der Waals surface area contributed by atoms with Crippen LogP contribution in [0.5, 0.6) is 0 Å². The van der Waals surface area contributed by atoms with Gasteiger partial charge in [0.25, 0.3) is 0 Å². The van der Waals surface area contributed by atoms with E-state index in [0.29, 0.717) is 24.2 Å². The third kappa shape index (κ3) is 1.91. The lowest BCUT2D eigenvalue weighted by Crippen LogP contribution is -2.50. The lowest BCUT2D eigenvalue weighted by Gasteiger charge is -2.57. The van der Waals surface area contributed by atoms with Gasteiger partial charge in [0.2, 0.25) is 0 Å². The molecule has 2 saturated carbocycles. The van der Waals surface area contributed by atoms with Gasteiger partial charge in [0.15, 0.2) is 5.78 Å². The number of hydrogen-bond acceptors (Lipinski definition) is 2. The summed E-state index contributed by atoms with van der Waals surface area (Å²) >= 11 is 0. The molecule has 0 radical (unpaired) electrons. The van der Waals surface area contributed by atoms with Gasteiger partial charge in [0, 0.05) is 13.0 Å². The summed E-state index contributed by atoms with van der Waals surface area (Å²) in [6.45, 7) is 4.90. The second kappa shape index (κ2) is 4.44. The van der Waals surface area contributed by atoms with Gasteiger partial charge in [-0.25, -0.2) is 0 Å². The normalized spacial score (nSPS) is 46.3. The molecule has 2 heteroatoms. The smallest absolute Gasteiger partial charge is 0.155 e. The molecule has 0 aromatic heterocycles. The summed E-state index contributed by atoms with van der Waals surface area (Å²) < 4.78 is 0. The molecule has 0 aromatic carbocycles. The Balaban J connectivity index is 2.02. The average Bonchev–Trinajstić information content (AvgIpc) is 2.39. The summed E-state index contributed by atoms with van der Waals surface area (Å²) in [7, 11) is 0. The van der Waals surface area contributed by atoms with E-state index >= 15 is 0 Å². The Kier molecular flexibility index (Phi) is 3.12. The van der Waals surface area contributed by atoms with Crippen molar-refractivity contribution in [2.75, 3.05) is 6.61 Å². The van der Waals surface area contributed by atoms with Crippen molar-refractivity contribution >= 4 is 5.78 Å². The second-order valence-electron chi connectivity index (χ2n) is 7.51. The van der Waals surface area contributed by atoms with Crippen molar-refractivity contribution < 1.29 is 9.90 Å². The van der Waals surface area contributed by atoms with Crippen LogP contribution in [0.3, 0.4) is 0 Å². The summed E-state index contributed by atoms with van der Waals surface area (Å²) in [5.74, 6) is 1.51. The van der Waals surface area contributed by atoms with E-state index in [9.17, 15) is 9.90 Å². The number of allylic oxidation sites excluding steroid dienone is 2. The molecular formula is C17H26O2. The highest BCUT2D eigenvalue weighted by atomic mass is 16.3. The zero-order valence-electron chi connectivity index (χ0n) is 12.2. The number of rotatable bonds is 1. The Labute approximate surface area is 116 Å². The molecule has 3 aliphatic carbocycles. The van der Waals surface area contributed by atoms with Crippen LogP contribution in [0.1, 0.15) is 58.8 Å². The average molecular weight is 262 g/mol. The fourth-order valence-electron chi connectivity index (χ4n) is 5.31.